The smallest absolute Gasteiger partial charge is 0.237 e. The van der Waals surface area contributed by atoms with E-state index in [1.807, 2.05) is 39.3 Å². The minimum atomic E-state index is -0.241. The van der Waals surface area contributed by atoms with Gasteiger partial charge in [0.25, 0.3) is 0 Å². The number of aryl methyl sites for hydroxylation is 1. The highest BCUT2D eigenvalue weighted by molar-refractivity contribution is 5.81. The predicted molar refractivity (Wildman–Crippen MR) is 65.3 cm³/mol. The van der Waals surface area contributed by atoms with E-state index in [0.29, 0.717) is 6.54 Å². The van der Waals surface area contributed by atoms with Gasteiger partial charge in [-0.15, -0.1) is 10.2 Å². The van der Waals surface area contributed by atoms with Gasteiger partial charge in [-0.2, -0.15) is 0 Å². The Balaban J connectivity index is 2.45. The van der Waals surface area contributed by atoms with Crippen LogP contribution in [0, 0.1) is 6.92 Å². The van der Waals surface area contributed by atoms with Crippen LogP contribution in [0.25, 0.3) is 0 Å². The summed E-state index contributed by atoms with van der Waals surface area (Å²) < 4.78 is 1.90. The predicted octanol–water partition coefficient (Wildman–Crippen LogP) is 0.126. The van der Waals surface area contributed by atoms with Gasteiger partial charge in [-0.25, -0.2) is 0 Å². The maximum atomic E-state index is 11.6. The van der Waals surface area contributed by atoms with Crippen molar-refractivity contribution in [3.05, 3.63) is 11.6 Å². The highest BCUT2D eigenvalue weighted by atomic mass is 16.2. The highest BCUT2D eigenvalue weighted by Gasteiger charge is 2.14. The van der Waals surface area contributed by atoms with Gasteiger partial charge in [-0.05, 0) is 27.7 Å². The molecule has 1 aromatic heterocycles. The van der Waals surface area contributed by atoms with Gasteiger partial charge in [0.1, 0.15) is 11.6 Å². The van der Waals surface area contributed by atoms with Crippen molar-refractivity contribution in [3.63, 3.8) is 0 Å². The second-order valence-electron chi connectivity index (χ2n) is 4.49. The molecule has 2 N–H and O–H groups in total. The SMILES string of the molecule is Cc1nnc(CNC(C)C(=O)NC(C)C)n1C. The molecule has 1 aromatic rings. The van der Waals surface area contributed by atoms with Gasteiger partial charge in [0, 0.05) is 13.1 Å². The lowest BCUT2D eigenvalue weighted by Crippen LogP contribution is -2.44. The maximum Gasteiger partial charge on any atom is 0.237 e. The summed E-state index contributed by atoms with van der Waals surface area (Å²) in [6.07, 6.45) is 0. The van der Waals surface area contributed by atoms with Crippen molar-refractivity contribution in [1.82, 2.24) is 25.4 Å². The number of hydrogen-bond acceptors (Lipinski definition) is 4. The topological polar surface area (TPSA) is 71.8 Å². The molecule has 1 heterocycles. The summed E-state index contributed by atoms with van der Waals surface area (Å²) in [5, 5.41) is 14.0. The van der Waals surface area contributed by atoms with Gasteiger partial charge in [-0.1, -0.05) is 0 Å². The molecule has 1 rings (SSSR count). The first kappa shape index (κ1) is 13.6. The van der Waals surface area contributed by atoms with Crippen molar-refractivity contribution in [1.29, 1.82) is 0 Å². The van der Waals surface area contributed by atoms with Crippen LogP contribution in [0.1, 0.15) is 32.4 Å². The van der Waals surface area contributed by atoms with Crippen molar-refractivity contribution >= 4 is 5.91 Å². The molecule has 0 aliphatic heterocycles. The van der Waals surface area contributed by atoms with Gasteiger partial charge >= 0.3 is 0 Å². The molecule has 0 aliphatic carbocycles. The first-order chi connectivity index (χ1) is 7.91. The molecular weight excluding hydrogens is 218 g/mol. The van der Waals surface area contributed by atoms with Crippen LogP contribution in [0.4, 0.5) is 0 Å². The third-order valence-electron chi connectivity index (χ3n) is 2.57. The zero-order valence-corrected chi connectivity index (χ0v) is 11.1. The number of nitrogens with one attached hydrogen (secondary N) is 2. The van der Waals surface area contributed by atoms with E-state index in [1.54, 1.807) is 0 Å². The molecule has 1 amide bonds. The summed E-state index contributed by atoms with van der Waals surface area (Å²) in [5.74, 6) is 1.69. The number of carbonyl (C=O) groups excluding carboxylic acids is 1. The standard InChI is InChI=1S/C11H21N5O/c1-7(2)13-11(17)8(3)12-6-10-15-14-9(4)16(10)5/h7-8,12H,6H2,1-5H3,(H,13,17). The molecule has 0 radical (unpaired) electrons. The number of aromatic nitrogens is 3. The minimum Gasteiger partial charge on any atom is -0.353 e. The molecule has 6 nitrogen and oxygen atoms in total. The Kier molecular flexibility index (Phi) is 4.62. The van der Waals surface area contributed by atoms with Crippen molar-refractivity contribution in [2.45, 2.75) is 46.3 Å². The van der Waals surface area contributed by atoms with Crippen molar-refractivity contribution < 1.29 is 4.79 Å². The van der Waals surface area contributed by atoms with Gasteiger partial charge in [0.15, 0.2) is 0 Å². The Morgan fingerprint density at radius 3 is 2.47 bits per heavy atom. The quantitative estimate of drug-likeness (QED) is 0.766. The van der Waals surface area contributed by atoms with Crippen LogP contribution < -0.4 is 10.6 Å². The van der Waals surface area contributed by atoms with Crippen LogP contribution >= 0.6 is 0 Å². The Hall–Kier alpha value is -1.43. The summed E-state index contributed by atoms with van der Waals surface area (Å²) in [6.45, 7) is 8.14. The number of amides is 1. The number of hydrogen-bond donors (Lipinski definition) is 2. The van der Waals surface area contributed by atoms with Crippen molar-refractivity contribution in [3.8, 4) is 0 Å². The molecule has 0 saturated heterocycles. The van der Waals surface area contributed by atoms with E-state index in [2.05, 4.69) is 20.8 Å². The number of nitrogens with zero attached hydrogens (tertiary/aromatic N) is 3. The van der Waals surface area contributed by atoms with E-state index in [-0.39, 0.29) is 18.0 Å². The third kappa shape index (κ3) is 3.81. The van der Waals surface area contributed by atoms with Gasteiger partial charge in [-0.3, -0.25) is 10.1 Å². The summed E-state index contributed by atoms with van der Waals surface area (Å²) in [4.78, 5) is 11.6. The first-order valence-corrected chi connectivity index (χ1v) is 5.80. The largest absolute Gasteiger partial charge is 0.353 e. The van der Waals surface area contributed by atoms with Gasteiger partial charge in [0.2, 0.25) is 5.91 Å². The van der Waals surface area contributed by atoms with E-state index in [1.165, 1.54) is 0 Å². The lowest BCUT2D eigenvalue weighted by Gasteiger charge is -2.15. The monoisotopic (exact) mass is 239 g/mol. The van der Waals surface area contributed by atoms with Gasteiger partial charge in [0.05, 0.1) is 12.6 Å². The van der Waals surface area contributed by atoms with E-state index in [9.17, 15) is 4.79 Å². The second-order valence-corrected chi connectivity index (χ2v) is 4.49. The van der Waals surface area contributed by atoms with E-state index >= 15 is 0 Å². The van der Waals surface area contributed by atoms with E-state index in [4.69, 9.17) is 0 Å². The number of carbonyl (C=O) groups is 1. The molecule has 0 spiro atoms. The Morgan fingerprint density at radius 2 is 2.00 bits per heavy atom. The molecule has 1 atom stereocenters. The summed E-state index contributed by atoms with van der Waals surface area (Å²) in [7, 11) is 1.91. The fourth-order valence-electron chi connectivity index (χ4n) is 1.35. The molecule has 0 fully saturated rings. The molecule has 17 heavy (non-hydrogen) atoms. The molecule has 1 unspecified atom stereocenters. The van der Waals surface area contributed by atoms with Crippen LogP contribution in [0.15, 0.2) is 0 Å². The maximum absolute atomic E-state index is 11.6. The Labute approximate surface area is 102 Å². The molecule has 0 bridgehead atoms. The average Bonchev–Trinajstić information content (AvgIpc) is 2.55. The summed E-state index contributed by atoms with van der Waals surface area (Å²) in [5.41, 5.74) is 0. The molecule has 96 valence electrons. The van der Waals surface area contributed by atoms with Crippen LogP contribution in [0.5, 0.6) is 0 Å². The average molecular weight is 239 g/mol. The van der Waals surface area contributed by atoms with E-state index in [0.717, 1.165) is 11.6 Å². The molecule has 0 aromatic carbocycles. The molecule has 0 aliphatic rings. The lowest BCUT2D eigenvalue weighted by atomic mass is 10.3. The van der Waals surface area contributed by atoms with Crippen molar-refractivity contribution in [2.75, 3.05) is 0 Å². The molecule has 6 heteroatoms. The highest BCUT2D eigenvalue weighted by Crippen LogP contribution is 1.97. The van der Waals surface area contributed by atoms with E-state index < -0.39 is 0 Å². The second kappa shape index (κ2) is 5.77. The van der Waals surface area contributed by atoms with Crippen molar-refractivity contribution in [2.24, 2.45) is 7.05 Å². The van der Waals surface area contributed by atoms with Gasteiger partial charge < -0.3 is 9.88 Å². The first-order valence-electron chi connectivity index (χ1n) is 5.80. The third-order valence-corrected chi connectivity index (χ3v) is 2.57. The normalized spacial score (nSPS) is 12.8. The molecule has 0 saturated carbocycles. The zero-order chi connectivity index (χ0) is 13.0. The van der Waals surface area contributed by atoms with Crippen LogP contribution in [-0.2, 0) is 18.4 Å². The van der Waals surface area contributed by atoms with Crippen LogP contribution in [0.2, 0.25) is 0 Å². The fourth-order valence-corrected chi connectivity index (χ4v) is 1.35. The van der Waals surface area contributed by atoms with Crippen LogP contribution in [0.3, 0.4) is 0 Å². The zero-order valence-electron chi connectivity index (χ0n) is 11.1. The summed E-state index contributed by atoms with van der Waals surface area (Å²) >= 11 is 0. The number of rotatable bonds is 5. The minimum absolute atomic E-state index is 0.00103. The molecular formula is C11H21N5O. The Bertz CT molecular complexity index is 385. The van der Waals surface area contributed by atoms with Crippen LogP contribution in [-0.4, -0.2) is 32.8 Å². The fraction of sp³-hybridized carbons (Fsp3) is 0.727. The Morgan fingerprint density at radius 1 is 1.35 bits per heavy atom. The lowest BCUT2D eigenvalue weighted by molar-refractivity contribution is -0.123. The summed E-state index contributed by atoms with van der Waals surface area (Å²) in [6, 6.07) is -0.0850.